The lowest BCUT2D eigenvalue weighted by molar-refractivity contribution is -0.112. The second-order valence-corrected chi connectivity index (χ2v) is 4.18. The number of rotatable bonds is 1. The number of hydrogen-bond acceptors (Lipinski definition) is 3. The average molecular weight is 244 g/mol. The fraction of sp³-hybridized carbons (Fsp3) is 0.167. The van der Waals surface area contributed by atoms with Crippen molar-refractivity contribution in [2.24, 2.45) is 0 Å². The number of nitrogens with zero attached hydrogens (tertiary/aromatic N) is 1. The van der Waals surface area contributed by atoms with Crippen LogP contribution in [0.1, 0.15) is 10.4 Å². The van der Waals surface area contributed by atoms with E-state index in [1.54, 1.807) is 19.0 Å². The molecule has 1 aliphatic rings. The Hall–Kier alpha value is -2.11. The van der Waals surface area contributed by atoms with Crippen molar-refractivity contribution >= 4 is 30.7 Å². The Morgan fingerprint density at radius 2 is 2.00 bits per heavy atom. The number of Topliss-reactive ketones (excluding diaryl/α,β-unsaturated/α-hetero) is 1. The number of halogens is 1. The van der Waals surface area contributed by atoms with Crippen molar-refractivity contribution < 1.29 is 14.0 Å². The highest BCUT2D eigenvalue weighted by molar-refractivity contribution is 6.37. The molecule has 0 atom stereocenters. The summed E-state index contributed by atoms with van der Waals surface area (Å²) in [6.45, 7) is 0. The van der Waals surface area contributed by atoms with Crippen LogP contribution in [-0.4, -0.2) is 38.5 Å². The molecule has 1 N–H and O–H groups in total. The van der Waals surface area contributed by atoms with Crippen LogP contribution >= 0.6 is 0 Å². The van der Waals surface area contributed by atoms with Crippen LogP contribution in [0.3, 0.4) is 0 Å². The number of fused-ring (bicyclic) bond motifs is 1. The van der Waals surface area contributed by atoms with Gasteiger partial charge in [-0.1, -0.05) is 11.5 Å². The Bertz CT molecular complexity index is 582. The van der Waals surface area contributed by atoms with Crippen molar-refractivity contribution in [2.75, 3.05) is 19.4 Å². The molecule has 1 aliphatic heterocycles. The Kier molecular flexibility index (Phi) is 2.94. The van der Waals surface area contributed by atoms with Crippen LogP contribution in [-0.2, 0) is 4.79 Å². The van der Waals surface area contributed by atoms with Crippen molar-refractivity contribution in [3.63, 3.8) is 0 Å². The third-order valence-electron chi connectivity index (χ3n) is 2.53. The monoisotopic (exact) mass is 244 g/mol. The van der Waals surface area contributed by atoms with Crippen molar-refractivity contribution in [3.8, 4) is 0 Å². The van der Waals surface area contributed by atoms with Gasteiger partial charge in [0.1, 0.15) is 19.2 Å². The molecule has 0 fully saturated rings. The summed E-state index contributed by atoms with van der Waals surface area (Å²) in [5.41, 5.74) is -0.186. The third kappa shape index (κ3) is 1.90. The maximum Gasteiger partial charge on any atom is 0.261 e. The number of benzene rings is 1. The van der Waals surface area contributed by atoms with Gasteiger partial charge in [0.15, 0.2) is 0 Å². The number of ketones is 1. The Labute approximate surface area is 105 Å². The quantitative estimate of drug-likeness (QED) is 0.436. The fourth-order valence-corrected chi connectivity index (χ4v) is 1.71. The first-order chi connectivity index (χ1) is 8.41. The summed E-state index contributed by atoms with van der Waals surface area (Å²) in [6.07, 6.45) is 1.40. The summed E-state index contributed by atoms with van der Waals surface area (Å²) in [5, 5.41) is 2.35. The molecular formula is C12H10BFN2O2. The van der Waals surface area contributed by atoms with Gasteiger partial charge in [0.2, 0.25) is 5.78 Å². The predicted molar refractivity (Wildman–Crippen MR) is 66.5 cm³/mol. The van der Waals surface area contributed by atoms with E-state index in [1.165, 1.54) is 18.3 Å². The first-order valence-corrected chi connectivity index (χ1v) is 5.24. The van der Waals surface area contributed by atoms with Gasteiger partial charge >= 0.3 is 0 Å². The van der Waals surface area contributed by atoms with Crippen LogP contribution in [0.15, 0.2) is 23.9 Å². The highest BCUT2D eigenvalue weighted by Crippen LogP contribution is 2.26. The molecule has 1 aromatic rings. The second kappa shape index (κ2) is 4.29. The van der Waals surface area contributed by atoms with E-state index in [9.17, 15) is 14.0 Å². The number of carbonyl (C=O) groups is 2. The van der Waals surface area contributed by atoms with Gasteiger partial charge in [0.25, 0.3) is 5.91 Å². The summed E-state index contributed by atoms with van der Waals surface area (Å²) in [6, 6.07) is 2.70. The maximum absolute atomic E-state index is 13.7. The van der Waals surface area contributed by atoms with Gasteiger partial charge in [0, 0.05) is 25.9 Å². The minimum atomic E-state index is -0.780. The average Bonchev–Trinajstić information content (AvgIpc) is 2.29. The largest absolute Gasteiger partial charge is 0.383 e. The first kappa shape index (κ1) is 12.4. The van der Waals surface area contributed by atoms with Gasteiger partial charge in [-0.15, -0.1) is 0 Å². The van der Waals surface area contributed by atoms with E-state index in [-0.39, 0.29) is 22.3 Å². The summed E-state index contributed by atoms with van der Waals surface area (Å²) in [4.78, 5) is 25.4. The minimum Gasteiger partial charge on any atom is -0.383 e. The Balaban J connectivity index is 2.59. The molecule has 0 bridgehead atoms. The highest BCUT2D eigenvalue weighted by Gasteiger charge is 2.30. The maximum atomic E-state index is 13.7. The third-order valence-corrected chi connectivity index (χ3v) is 2.53. The lowest BCUT2D eigenvalue weighted by Crippen LogP contribution is -2.31. The van der Waals surface area contributed by atoms with Gasteiger partial charge in [-0.2, -0.15) is 0 Å². The van der Waals surface area contributed by atoms with E-state index in [0.29, 0.717) is 0 Å². The van der Waals surface area contributed by atoms with E-state index in [0.717, 1.165) is 0 Å². The molecule has 0 saturated carbocycles. The number of amides is 1. The molecule has 0 spiro atoms. The fourth-order valence-electron chi connectivity index (χ4n) is 1.71. The molecule has 2 radical (unpaired) electrons. The molecular weight excluding hydrogens is 234 g/mol. The zero-order valence-corrected chi connectivity index (χ0v) is 9.95. The molecule has 90 valence electrons. The summed E-state index contributed by atoms with van der Waals surface area (Å²) in [7, 11) is 8.76. The van der Waals surface area contributed by atoms with E-state index in [1.807, 2.05) is 0 Å². The number of hydrogen-bond donors (Lipinski definition) is 1. The van der Waals surface area contributed by atoms with E-state index in [2.05, 4.69) is 5.32 Å². The molecule has 0 aliphatic carbocycles. The lowest BCUT2D eigenvalue weighted by atomic mass is 9.89. The van der Waals surface area contributed by atoms with Crippen molar-refractivity contribution in [1.82, 2.24) is 4.90 Å². The highest BCUT2D eigenvalue weighted by atomic mass is 19.1. The van der Waals surface area contributed by atoms with E-state index < -0.39 is 17.5 Å². The molecule has 0 unspecified atom stereocenters. The van der Waals surface area contributed by atoms with Gasteiger partial charge in [-0.05, 0) is 6.07 Å². The SMILES string of the molecule is [B]c1ccc2c(c1F)NC(=O)/C(=C\N(C)C)C2=O. The molecule has 1 heterocycles. The second-order valence-electron chi connectivity index (χ2n) is 4.18. The normalized spacial score (nSPS) is 16.5. The van der Waals surface area contributed by atoms with Gasteiger partial charge < -0.3 is 10.2 Å². The Morgan fingerprint density at radius 3 is 2.61 bits per heavy atom. The van der Waals surface area contributed by atoms with Crippen LogP contribution in [0.4, 0.5) is 10.1 Å². The predicted octanol–water partition coefficient (Wildman–Crippen LogP) is 0.200. The summed E-state index contributed by atoms with van der Waals surface area (Å²) < 4.78 is 13.7. The van der Waals surface area contributed by atoms with E-state index >= 15 is 0 Å². The summed E-state index contributed by atoms with van der Waals surface area (Å²) in [5.74, 6) is -1.93. The first-order valence-electron chi connectivity index (χ1n) is 5.24. The zero-order valence-electron chi connectivity index (χ0n) is 9.95. The summed E-state index contributed by atoms with van der Waals surface area (Å²) >= 11 is 0. The van der Waals surface area contributed by atoms with Crippen LogP contribution in [0.5, 0.6) is 0 Å². The molecule has 18 heavy (non-hydrogen) atoms. The topological polar surface area (TPSA) is 49.4 Å². The molecule has 6 heteroatoms. The van der Waals surface area contributed by atoms with Crippen LogP contribution in [0, 0.1) is 5.82 Å². The van der Waals surface area contributed by atoms with Gasteiger partial charge in [-0.3, -0.25) is 9.59 Å². The zero-order chi connectivity index (χ0) is 13.4. The number of anilines is 1. The number of nitrogens with one attached hydrogen (secondary N) is 1. The molecule has 1 amide bonds. The molecule has 0 saturated heterocycles. The Morgan fingerprint density at radius 1 is 1.33 bits per heavy atom. The molecule has 0 aromatic heterocycles. The molecule has 4 nitrogen and oxygen atoms in total. The smallest absolute Gasteiger partial charge is 0.261 e. The van der Waals surface area contributed by atoms with Gasteiger partial charge in [0.05, 0.1) is 5.69 Å². The van der Waals surface area contributed by atoms with Gasteiger partial charge in [-0.25, -0.2) is 4.39 Å². The lowest BCUT2D eigenvalue weighted by Gasteiger charge is -2.20. The van der Waals surface area contributed by atoms with Crippen LogP contribution in [0.25, 0.3) is 0 Å². The molecule has 1 aromatic carbocycles. The molecule has 2 rings (SSSR count). The van der Waals surface area contributed by atoms with Crippen molar-refractivity contribution in [1.29, 1.82) is 0 Å². The number of carbonyl (C=O) groups excluding carboxylic acids is 2. The minimum absolute atomic E-state index is 0.0309. The standard InChI is InChI=1S/C12H10BFN2O2/c1-16(2)5-7-11(17)6-3-4-8(13)9(14)10(6)15-12(7)18/h3-5H,1-2H3,(H,15,18)/b7-5-. The van der Waals surface area contributed by atoms with Crippen LogP contribution in [0.2, 0.25) is 0 Å². The van der Waals surface area contributed by atoms with E-state index in [4.69, 9.17) is 7.85 Å². The van der Waals surface area contributed by atoms with Crippen molar-refractivity contribution in [2.45, 2.75) is 0 Å². The van der Waals surface area contributed by atoms with Crippen molar-refractivity contribution in [3.05, 3.63) is 35.3 Å². The van der Waals surface area contributed by atoms with Crippen LogP contribution < -0.4 is 10.8 Å².